The minimum Gasteiger partial charge on any atom is -0.478 e. The molecule has 0 saturated carbocycles. The molecule has 106 valence electrons. The number of carbonyl (C=O) groups excluding carboxylic acids is 2. The molecular formula is C14H16N2O4. The Labute approximate surface area is 116 Å². The molecule has 1 aromatic carbocycles. The quantitative estimate of drug-likeness (QED) is 0.687. The third-order valence-corrected chi connectivity index (χ3v) is 2.71. The van der Waals surface area contributed by atoms with Crippen molar-refractivity contribution >= 4 is 23.9 Å². The van der Waals surface area contributed by atoms with Crippen LogP contribution in [0.5, 0.6) is 0 Å². The largest absolute Gasteiger partial charge is 0.478 e. The van der Waals surface area contributed by atoms with Crippen LogP contribution in [0, 0.1) is 6.92 Å². The number of aryl methyl sites for hydroxylation is 1. The molecule has 0 aliphatic rings. The van der Waals surface area contributed by atoms with Crippen LogP contribution in [-0.4, -0.2) is 28.9 Å². The van der Waals surface area contributed by atoms with E-state index in [1.165, 1.54) is 13.0 Å². The zero-order chi connectivity index (χ0) is 15.3. The highest BCUT2D eigenvalue weighted by Gasteiger charge is 2.14. The molecule has 0 spiro atoms. The van der Waals surface area contributed by atoms with E-state index in [1.54, 1.807) is 25.1 Å². The molecule has 4 N–H and O–H groups in total. The number of carbonyl (C=O) groups is 3. The Bertz CT molecular complexity index is 579. The number of rotatable bonds is 5. The van der Waals surface area contributed by atoms with E-state index in [0.717, 1.165) is 11.6 Å². The summed E-state index contributed by atoms with van der Waals surface area (Å²) in [5.41, 5.74) is 6.90. The molecule has 0 heterocycles. The molecular weight excluding hydrogens is 260 g/mol. The van der Waals surface area contributed by atoms with Gasteiger partial charge in [-0.05, 0) is 43.2 Å². The normalized spacial score (nSPS) is 12.1. The highest BCUT2D eigenvalue weighted by atomic mass is 16.4. The molecule has 0 radical (unpaired) electrons. The first-order chi connectivity index (χ1) is 9.31. The van der Waals surface area contributed by atoms with E-state index < -0.39 is 23.8 Å². The van der Waals surface area contributed by atoms with E-state index >= 15 is 0 Å². The minimum atomic E-state index is -1.04. The maximum Gasteiger partial charge on any atom is 0.328 e. The van der Waals surface area contributed by atoms with Crippen LogP contribution in [0.3, 0.4) is 0 Å². The zero-order valence-corrected chi connectivity index (χ0v) is 11.2. The van der Waals surface area contributed by atoms with Gasteiger partial charge in [0.25, 0.3) is 5.91 Å². The van der Waals surface area contributed by atoms with Gasteiger partial charge >= 0.3 is 5.97 Å². The molecule has 1 aromatic rings. The van der Waals surface area contributed by atoms with Crippen LogP contribution in [0.1, 0.15) is 28.4 Å². The lowest BCUT2D eigenvalue weighted by Gasteiger charge is -2.11. The van der Waals surface area contributed by atoms with Gasteiger partial charge in [0, 0.05) is 11.6 Å². The lowest BCUT2D eigenvalue weighted by Crippen LogP contribution is -2.42. The lowest BCUT2D eigenvalue weighted by atomic mass is 10.0. The van der Waals surface area contributed by atoms with Crippen molar-refractivity contribution in [3.05, 3.63) is 41.0 Å². The summed E-state index contributed by atoms with van der Waals surface area (Å²) in [6.45, 7) is 3.26. The van der Waals surface area contributed by atoms with Gasteiger partial charge in [-0.3, -0.25) is 9.59 Å². The number of aliphatic carboxylic acids is 1. The van der Waals surface area contributed by atoms with Crippen molar-refractivity contribution in [2.24, 2.45) is 5.73 Å². The number of hydrogen-bond acceptors (Lipinski definition) is 3. The summed E-state index contributed by atoms with van der Waals surface area (Å²) in [6, 6.07) is 4.05. The number of primary amides is 1. The monoisotopic (exact) mass is 276 g/mol. The molecule has 1 atom stereocenters. The van der Waals surface area contributed by atoms with Crippen molar-refractivity contribution in [2.75, 3.05) is 0 Å². The van der Waals surface area contributed by atoms with Crippen LogP contribution in [0.25, 0.3) is 6.08 Å². The Hall–Kier alpha value is -2.63. The molecule has 2 amide bonds. The summed E-state index contributed by atoms with van der Waals surface area (Å²) in [6.07, 6.45) is 2.47. The van der Waals surface area contributed by atoms with Crippen molar-refractivity contribution in [1.82, 2.24) is 5.32 Å². The third kappa shape index (κ3) is 4.24. The molecule has 6 nitrogen and oxygen atoms in total. The molecule has 0 aliphatic heterocycles. The lowest BCUT2D eigenvalue weighted by molar-refractivity contribution is -0.131. The summed E-state index contributed by atoms with van der Waals surface area (Å²) < 4.78 is 0. The summed E-state index contributed by atoms with van der Waals surface area (Å²) >= 11 is 0. The fourth-order valence-electron chi connectivity index (χ4n) is 1.52. The van der Waals surface area contributed by atoms with Crippen LogP contribution in [0.2, 0.25) is 0 Å². The fraction of sp³-hybridized carbons (Fsp3) is 0.214. The van der Waals surface area contributed by atoms with E-state index in [-0.39, 0.29) is 0 Å². The van der Waals surface area contributed by atoms with E-state index in [1.807, 2.05) is 0 Å². The van der Waals surface area contributed by atoms with Crippen LogP contribution in [0.4, 0.5) is 0 Å². The predicted molar refractivity (Wildman–Crippen MR) is 74.0 cm³/mol. The van der Waals surface area contributed by atoms with Gasteiger partial charge in [0.1, 0.15) is 6.04 Å². The van der Waals surface area contributed by atoms with E-state index in [2.05, 4.69) is 5.32 Å². The number of nitrogens with two attached hydrogens (primary N) is 1. The van der Waals surface area contributed by atoms with E-state index in [4.69, 9.17) is 10.8 Å². The number of carboxylic acid groups (broad SMARTS) is 1. The third-order valence-electron chi connectivity index (χ3n) is 2.71. The average Bonchev–Trinajstić information content (AvgIpc) is 2.36. The first-order valence-corrected chi connectivity index (χ1v) is 5.93. The van der Waals surface area contributed by atoms with Crippen molar-refractivity contribution in [3.63, 3.8) is 0 Å². The second kappa shape index (κ2) is 6.51. The number of nitrogens with one attached hydrogen (secondary N) is 1. The van der Waals surface area contributed by atoms with E-state index in [0.29, 0.717) is 11.1 Å². The van der Waals surface area contributed by atoms with Gasteiger partial charge in [-0.15, -0.1) is 0 Å². The summed E-state index contributed by atoms with van der Waals surface area (Å²) in [7, 11) is 0. The van der Waals surface area contributed by atoms with Crippen molar-refractivity contribution in [1.29, 1.82) is 0 Å². The van der Waals surface area contributed by atoms with Crippen molar-refractivity contribution in [3.8, 4) is 0 Å². The van der Waals surface area contributed by atoms with Crippen LogP contribution >= 0.6 is 0 Å². The molecule has 0 saturated heterocycles. The van der Waals surface area contributed by atoms with Gasteiger partial charge in [-0.2, -0.15) is 0 Å². The Balaban J connectivity index is 2.89. The van der Waals surface area contributed by atoms with Crippen molar-refractivity contribution in [2.45, 2.75) is 19.9 Å². The fourth-order valence-corrected chi connectivity index (χ4v) is 1.52. The summed E-state index contributed by atoms with van der Waals surface area (Å²) in [5.74, 6) is -2.06. The Kier molecular flexibility index (Phi) is 5.02. The highest BCUT2D eigenvalue weighted by molar-refractivity contribution is 5.97. The van der Waals surface area contributed by atoms with Gasteiger partial charge < -0.3 is 16.2 Å². The second-order valence-electron chi connectivity index (χ2n) is 4.34. The minimum absolute atomic E-state index is 0.378. The zero-order valence-electron chi connectivity index (χ0n) is 11.2. The molecule has 1 rings (SSSR count). The highest BCUT2D eigenvalue weighted by Crippen LogP contribution is 2.13. The molecule has 1 unspecified atom stereocenters. The Morgan fingerprint density at radius 1 is 1.35 bits per heavy atom. The van der Waals surface area contributed by atoms with Crippen LogP contribution in [-0.2, 0) is 9.59 Å². The van der Waals surface area contributed by atoms with Crippen LogP contribution < -0.4 is 11.1 Å². The SMILES string of the molecule is Cc1cc(C(=O)NC(C)C(N)=O)ccc1/C=C/C(=O)O. The van der Waals surface area contributed by atoms with E-state index in [9.17, 15) is 14.4 Å². The Morgan fingerprint density at radius 3 is 2.50 bits per heavy atom. The number of hydrogen-bond donors (Lipinski definition) is 3. The predicted octanol–water partition coefficient (Wildman–Crippen LogP) is 0.696. The molecule has 0 fully saturated rings. The maximum absolute atomic E-state index is 11.9. The summed E-state index contributed by atoms with van der Waals surface area (Å²) in [4.78, 5) is 33.2. The molecule has 0 bridgehead atoms. The van der Waals surface area contributed by atoms with Crippen molar-refractivity contribution < 1.29 is 19.5 Å². The summed E-state index contributed by atoms with van der Waals surface area (Å²) in [5, 5.41) is 11.0. The van der Waals surface area contributed by atoms with Gasteiger partial charge in [-0.1, -0.05) is 6.07 Å². The molecule has 0 aromatic heterocycles. The average molecular weight is 276 g/mol. The van der Waals surface area contributed by atoms with Gasteiger partial charge in [0.2, 0.25) is 5.91 Å². The van der Waals surface area contributed by atoms with Crippen LogP contribution in [0.15, 0.2) is 24.3 Å². The van der Waals surface area contributed by atoms with Gasteiger partial charge in [0.05, 0.1) is 0 Å². The molecule has 0 aliphatic carbocycles. The van der Waals surface area contributed by atoms with Gasteiger partial charge in [0.15, 0.2) is 0 Å². The number of carboxylic acids is 1. The number of benzene rings is 1. The first kappa shape index (κ1) is 15.4. The Morgan fingerprint density at radius 2 is 2.00 bits per heavy atom. The van der Waals surface area contributed by atoms with Gasteiger partial charge in [-0.25, -0.2) is 4.79 Å². The number of amides is 2. The standard InChI is InChI=1S/C14H16N2O4/c1-8-7-11(14(20)16-9(2)13(15)19)4-3-10(8)5-6-12(17)18/h3-7,9H,1-2H3,(H2,15,19)(H,16,20)(H,17,18)/b6-5+. The smallest absolute Gasteiger partial charge is 0.328 e. The first-order valence-electron chi connectivity index (χ1n) is 5.93. The second-order valence-corrected chi connectivity index (χ2v) is 4.34. The topological polar surface area (TPSA) is 109 Å². The maximum atomic E-state index is 11.9. The molecule has 20 heavy (non-hydrogen) atoms. The molecule has 6 heteroatoms.